The third-order valence-electron chi connectivity index (χ3n) is 4.62. The van der Waals surface area contributed by atoms with E-state index in [0.717, 1.165) is 35.1 Å². The summed E-state index contributed by atoms with van der Waals surface area (Å²) in [5.74, 6) is 0.262. The topological polar surface area (TPSA) is 37.3 Å². The maximum absolute atomic E-state index is 12.7. The molecule has 2 aliphatic carbocycles. The van der Waals surface area contributed by atoms with Gasteiger partial charge in [0.25, 0.3) is 0 Å². The van der Waals surface area contributed by atoms with Gasteiger partial charge in [0.1, 0.15) is 5.76 Å². The van der Waals surface area contributed by atoms with E-state index in [1.54, 1.807) is 0 Å². The highest BCUT2D eigenvalue weighted by molar-refractivity contribution is 6.25. The lowest BCUT2D eigenvalue weighted by atomic mass is 9.90. The van der Waals surface area contributed by atoms with Crippen molar-refractivity contribution in [3.05, 3.63) is 52.3 Å². The molecule has 2 atom stereocenters. The summed E-state index contributed by atoms with van der Waals surface area (Å²) < 4.78 is 0. The zero-order valence-corrected chi connectivity index (χ0v) is 12.3. The molecule has 0 radical (unpaired) electrons. The summed E-state index contributed by atoms with van der Waals surface area (Å²) in [6, 6.07) is 4.14. The van der Waals surface area contributed by atoms with Crippen molar-refractivity contribution in [3.63, 3.8) is 0 Å². The van der Waals surface area contributed by atoms with Crippen LogP contribution in [0.15, 0.2) is 30.0 Å². The summed E-state index contributed by atoms with van der Waals surface area (Å²) in [7, 11) is 0. The van der Waals surface area contributed by atoms with Crippen molar-refractivity contribution in [1.82, 2.24) is 0 Å². The highest BCUT2D eigenvalue weighted by Gasteiger charge is 2.46. The minimum Gasteiger partial charge on any atom is -0.511 e. The molecule has 104 valence electrons. The molecule has 2 aliphatic rings. The molecule has 0 aromatic heterocycles. The first kappa shape index (κ1) is 13.2. The standard InChI is InChI=1S/C18H20O2/c1-9-5-11(3)15(12(4)6-9)16-17(19)13-7-10(2)8-14(13)18(16)20/h5-6,13-14,19H,2,7-8H2,1,3-4H3. The Morgan fingerprint density at radius 2 is 1.65 bits per heavy atom. The fourth-order valence-electron chi connectivity index (χ4n) is 3.88. The number of benzene rings is 1. The molecule has 0 amide bonds. The second kappa shape index (κ2) is 4.34. The third-order valence-corrected chi connectivity index (χ3v) is 4.62. The summed E-state index contributed by atoms with van der Waals surface area (Å²) in [5, 5.41) is 10.5. The van der Waals surface area contributed by atoms with Crippen LogP contribution in [-0.2, 0) is 4.79 Å². The monoisotopic (exact) mass is 268 g/mol. The first-order valence-electron chi connectivity index (χ1n) is 7.12. The van der Waals surface area contributed by atoms with Gasteiger partial charge in [0.2, 0.25) is 0 Å². The number of hydrogen-bond acceptors (Lipinski definition) is 2. The SMILES string of the molecule is C=C1CC2C(=O)C(c3c(C)cc(C)cc3C)=C(O)C2C1. The van der Waals surface area contributed by atoms with Crippen LogP contribution in [-0.4, -0.2) is 10.9 Å². The molecule has 2 nitrogen and oxygen atoms in total. The number of hydrogen-bond donors (Lipinski definition) is 1. The molecule has 0 heterocycles. The van der Waals surface area contributed by atoms with Gasteiger partial charge in [-0.05, 0) is 50.3 Å². The number of allylic oxidation sites excluding steroid dienone is 3. The van der Waals surface area contributed by atoms with Gasteiger partial charge in [0.15, 0.2) is 5.78 Å². The van der Waals surface area contributed by atoms with Crippen molar-refractivity contribution in [2.24, 2.45) is 11.8 Å². The van der Waals surface area contributed by atoms with Crippen LogP contribution in [0.25, 0.3) is 5.57 Å². The average molecular weight is 268 g/mol. The summed E-state index contributed by atoms with van der Waals surface area (Å²) in [4.78, 5) is 12.7. The maximum atomic E-state index is 12.7. The molecular formula is C18H20O2. The Morgan fingerprint density at radius 1 is 1.10 bits per heavy atom. The molecule has 20 heavy (non-hydrogen) atoms. The zero-order valence-electron chi connectivity index (χ0n) is 12.3. The smallest absolute Gasteiger partial charge is 0.171 e. The zero-order chi connectivity index (χ0) is 14.6. The van der Waals surface area contributed by atoms with E-state index in [9.17, 15) is 9.90 Å². The van der Waals surface area contributed by atoms with Gasteiger partial charge in [-0.2, -0.15) is 0 Å². The van der Waals surface area contributed by atoms with Gasteiger partial charge >= 0.3 is 0 Å². The van der Waals surface area contributed by atoms with Gasteiger partial charge in [0, 0.05) is 11.8 Å². The molecule has 1 fully saturated rings. The van der Waals surface area contributed by atoms with E-state index in [4.69, 9.17) is 0 Å². The van der Waals surface area contributed by atoms with Crippen molar-refractivity contribution >= 4 is 11.4 Å². The molecule has 1 N–H and O–H groups in total. The molecule has 1 aromatic carbocycles. The Balaban J connectivity index is 2.16. The van der Waals surface area contributed by atoms with E-state index in [1.807, 2.05) is 20.8 Å². The molecule has 1 saturated carbocycles. The lowest BCUT2D eigenvalue weighted by molar-refractivity contribution is -0.117. The van der Waals surface area contributed by atoms with Crippen LogP contribution in [0.2, 0.25) is 0 Å². The van der Waals surface area contributed by atoms with Crippen molar-refractivity contribution in [2.75, 3.05) is 0 Å². The van der Waals surface area contributed by atoms with E-state index in [0.29, 0.717) is 5.57 Å². The van der Waals surface area contributed by atoms with Crippen LogP contribution >= 0.6 is 0 Å². The fourth-order valence-corrected chi connectivity index (χ4v) is 3.88. The lowest BCUT2D eigenvalue weighted by Gasteiger charge is -2.13. The van der Waals surface area contributed by atoms with Crippen molar-refractivity contribution in [2.45, 2.75) is 33.6 Å². The highest BCUT2D eigenvalue weighted by atomic mass is 16.3. The first-order valence-corrected chi connectivity index (χ1v) is 7.12. The summed E-state index contributed by atoms with van der Waals surface area (Å²) in [6.45, 7) is 10.0. The van der Waals surface area contributed by atoms with E-state index in [-0.39, 0.29) is 23.4 Å². The van der Waals surface area contributed by atoms with Gasteiger partial charge in [-0.1, -0.05) is 29.8 Å². The van der Waals surface area contributed by atoms with Crippen molar-refractivity contribution in [1.29, 1.82) is 0 Å². The number of aliphatic hydroxyl groups excluding tert-OH is 1. The second-order valence-corrected chi connectivity index (χ2v) is 6.27. The molecule has 0 spiro atoms. The number of aliphatic hydroxyl groups is 1. The Labute approximate surface area is 119 Å². The van der Waals surface area contributed by atoms with E-state index in [1.165, 1.54) is 5.56 Å². The summed E-state index contributed by atoms with van der Waals surface area (Å²) >= 11 is 0. The number of rotatable bonds is 1. The second-order valence-electron chi connectivity index (χ2n) is 6.27. The maximum Gasteiger partial charge on any atom is 0.171 e. The minimum absolute atomic E-state index is 0.0369. The number of ketones is 1. The summed E-state index contributed by atoms with van der Waals surface area (Å²) in [5.41, 5.74) is 5.88. The highest BCUT2D eigenvalue weighted by Crippen LogP contribution is 2.49. The Hall–Kier alpha value is -1.83. The average Bonchev–Trinajstić information content (AvgIpc) is 2.82. The molecule has 0 bridgehead atoms. The normalized spacial score (nSPS) is 25.6. The summed E-state index contributed by atoms with van der Waals surface area (Å²) in [6.07, 6.45) is 1.47. The lowest BCUT2D eigenvalue weighted by Crippen LogP contribution is -2.12. The van der Waals surface area contributed by atoms with Gasteiger partial charge in [-0.3, -0.25) is 4.79 Å². The van der Waals surface area contributed by atoms with Crippen molar-refractivity contribution < 1.29 is 9.90 Å². The number of aryl methyl sites for hydroxylation is 3. The molecule has 1 aromatic rings. The van der Waals surface area contributed by atoms with Crippen LogP contribution in [0.3, 0.4) is 0 Å². The van der Waals surface area contributed by atoms with Crippen LogP contribution in [0, 0.1) is 32.6 Å². The van der Waals surface area contributed by atoms with Gasteiger partial charge in [-0.25, -0.2) is 0 Å². The number of carbonyl (C=O) groups excluding carboxylic acids is 1. The number of Topliss-reactive ketones (excluding diaryl/α,β-unsaturated/α-hetero) is 1. The van der Waals surface area contributed by atoms with Gasteiger partial charge in [0.05, 0.1) is 5.57 Å². The van der Waals surface area contributed by atoms with E-state index >= 15 is 0 Å². The van der Waals surface area contributed by atoms with Gasteiger partial charge in [-0.15, -0.1) is 0 Å². The number of fused-ring (bicyclic) bond motifs is 1. The van der Waals surface area contributed by atoms with E-state index in [2.05, 4.69) is 18.7 Å². The minimum atomic E-state index is -0.0856. The molecule has 2 heteroatoms. The Morgan fingerprint density at radius 3 is 2.20 bits per heavy atom. The molecule has 0 aliphatic heterocycles. The Kier molecular flexibility index (Phi) is 2.86. The molecular weight excluding hydrogens is 248 g/mol. The third kappa shape index (κ3) is 1.75. The van der Waals surface area contributed by atoms with Crippen molar-refractivity contribution in [3.8, 4) is 0 Å². The fraction of sp³-hybridized carbons (Fsp3) is 0.389. The van der Waals surface area contributed by atoms with Crippen LogP contribution in [0.4, 0.5) is 0 Å². The Bertz CT molecular complexity index is 641. The quantitative estimate of drug-likeness (QED) is 0.780. The van der Waals surface area contributed by atoms with Crippen LogP contribution in [0.5, 0.6) is 0 Å². The van der Waals surface area contributed by atoms with Gasteiger partial charge < -0.3 is 5.11 Å². The van der Waals surface area contributed by atoms with E-state index < -0.39 is 0 Å². The molecule has 3 rings (SSSR count). The predicted octanol–water partition coefficient (Wildman–Crippen LogP) is 4.05. The van der Waals surface area contributed by atoms with Crippen LogP contribution < -0.4 is 0 Å². The molecule has 0 saturated heterocycles. The molecule has 2 unspecified atom stereocenters. The largest absolute Gasteiger partial charge is 0.511 e. The first-order chi connectivity index (χ1) is 9.40. The number of carbonyl (C=O) groups is 1. The predicted molar refractivity (Wildman–Crippen MR) is 80.6 cm³/mol. The van der Waals surface area contributed by atoms with Crippen LogP contribution in [0.1, 0.15) is 35.1 Å².